The molecule has 0 spiro atoms. The van der Waals surface area contributed by atoms with E-state index in [0.29, 0.717) is 24.4 Å². The topological polar surface area (TPSA) is 99.2 Å². The molecule has 3 N–H and O–H groups in total. The molecule has 0 saturated carbocycles. The highest BCUT2D eigenvalue weighted by Crippen LogP contribution is 2.30. The number of nitrogens with zero attached hydrogens (tertiary/aromatic N) is 2. The summed E-state index contributed by atoms with van der Waals surface area (Å²) in [7, 11) is 0. The quantitative estimate of drug-likeness (QED) is 0.567. The number of nitrogens with one attached hydrogen (secondary N) is 1. The van der Waals surface area contributed by atoms with E-state index in [0.717, 1.165) is 22.4 Å². The van der Waals surface area contributed by atoms with Gasteiger partial charge in [0.15, 0.2) is 0 Å². The van der Waals surface area contributed by atoms with E-state index >= 15 is 0 Å². The fraction of sp³-hybridized carbons (Fsp3) is 0.269. The average Bonchev–Trinajstić information content (AvgIpc) is 3.53. The number of nitrogens with two attached hydrogens (primary N) is 1. The lowest BCUT2D eigenvalue weighted by Gasteiger charge is -2.31. The first kappa shape index (κ1) is 22.7. The monoisotopic (exact) mass is 458 g/mol. The van der Waals surface area contributed by atoms with Crippen molar-refractivity contribution in [1.82, 2.24) is 10.2 Å². The van der Waals surface area contributed by atoms with Crippen LogP contribution in [0.1, 0.15) is 39.6 Å². The Morgan fingerprint density at radius 2 is 1.70 bits per heavy atom. The first-order valence-corrected chi connectivity index (χ1v) is 11.8. The average molecular weight is 459 g/mol. The molecule has 3 aromatic rings. The van der Waals surface area contributed by atoms with Crippen molar-refractivity contribution in [2.75, 3.05) is 6.54 Å². The Bertz CT molecular complexity index is 1100. The molecule has 2 aromatic carbocycles. The van der Waals surface area contributed by atoms with Gasteiger partial charge < -0.3 is 16.0 Å². The highest BCUT2D eigenvalue weighted by molar-refractivity contribution is 7.12. The summed E-state index contributed by atoms with van der Waals surface area (Å²) in [5.74, 6) is -0.705. The molecular formula is C26H26N4O2S. The molecule has 6 nitrogen and oxygen atoms in total. The van der Waals surface area contributed by atoms with Crippen molar-refractivity contribution in [3.8, 4) is 6.07 Å². The van der Waals surface area contributed by atoms with Crippen LogP contribution >= 0.6 is 11.3 Å². The lowest BCUT2D eigenvalue weighted by atomic mass is 9.84. The molecule has 1 saturated heterocycles. The lowest BCUT2D eigenvalue weighted by molar-refractivity contribution is -0.139. The highest BCUT2D eigenvalue weighted by atomic mass is 32.1. The van der Waals surface area contributed by atoms with Gasteiger partial charge in [0.1, 0.15) is 17.0 Å². The molecule has 7 heteroatoms. The van der Waals surface area contributed by atoms with Crippen molar-refractivity contribution in [1.29, 1.82) is 5.26 Å². The second-order valence-electron chi connectivity index (χ2n) is 8.11. The van der Waals surface area contributed by atoms with Gasteiger partial charge in [-0.15, -0.1) is 11.3 Å². The fourth-order valence-corrected chi connectivity index (χ4v) is 5.13. The Morgan fingerprint density at radius 3 is 2.27 bits per heavy atom. The largest absolute Gasteiger partial charge is 0.349 e. The number of carbonyl (C=O) groups is 2. The van der Waals surface area contributed by atoms with Crippen LogP contribution in [0, 0.1) is 11.3 Å². The predicted octanol–water partition coefficient (Wildman–Crippen LogP) is 3.39. The van der Waals surface area contributed by atoms with Crippen LogP contribution in [-0.2, 0) is 16.1 Å². The number of benzene rings is 2. The van der Waals surface area contributed by atoms with Gasteiger partial charge in [0.25, 0.3) is 0 Å². The number of amides is 2. The molecule has 0 aliphatic carbocycles. The van der Waals surface area contributed by atoms with E-state index in [1.54, 1.807) is 11.0 Å². The summed E-state index contributed by atoms with van der Waals surface area (Å²) in [4.78, 5) is 29.6. The van der Waals surface area contributed by atoms with Gasteiger partial charge in [-0.3, -0.25) is 9.59 Å². The van der Waals surface area contributed by atoms with E-state index in [4.69, 9.17) is 11.0 Å². The maximum Gasteiger partial charge on any atom is 0.243 e. The fourth-order valence-electron chi connectivity index (χ4n) is 4.39. The minimum absolute atomic E-state index is 0.184. The van der Waals surface area contributed by atoms with Gasteiger partial charge in [0.05, 0.1) is 12.6 Å². The summed E-state index contributed by atoms with van der Waals surface area (Å²) in [6.45, 7) is 0.852. The Hall–Kier alpha value is -3.47. The van der Waals surface area contributed by atoms with Crippen LogP contribution in [-0.4, -0.2) is 35.3 Å². The van der Waals surface area contributed by atoms with Crippen molar-refractivity contribution in [2.45, 2.75) is 37.4 Å². The number of likely N-dealkylation sites (tertiary alicyclic amines) is 1. The highest BCUT2D eigenvalue weighted by Gasteiger charge is 2.39. The summed E-state index contributed by atoms with van der Waals surface area (Å²) in [6.07, 6.45) is 1.37. The van der Waals surface area contributed by atoms with Gasteiger partial charge in [-0.2, -0.15) is 5.26 Å². The third-order valence-electron chi connectivity index (χ3n) is 6.01. The second-order valence-corrected chi connectivity index (χ2v) is 9.28. The van der Waals surface area contributed by atoms with Crippen LogP contribution in [0.5, 0.6) is 0 Å². The Labute approximate surface area is 197 Å². The van der Waals surface area contributed by atoms with E-state index in [9.17, 15) is 9.59 Å². The minimum atomic E-state index is -0.807. The summed E-state index contributed by atoms with van der Waals surface area (Å²) < 4.78 is 0. The molecule has 2 amide bonds. The molecule has 33 heavy (non-hydrogen) atoms. The number of carbonyl (C=O) groups excluding carboxylic acids is 2. The van der Waals surface area contributed by atoms with Crippen LogP contribution in [0.4, 0.5) is 0 Å². The molecule has 1 fully saturated rings. The Kier molecular flexibility index (Phi) is 7.18. The standard InChI is InChI=1S/C26H26N4O2S/c27-16-20-13-14-21(33-20)17-29-25(31)22-12-7-15-30(22)26(32)24(28)23(18-8-3-1-4-9-18)19-10-5-2-6-11-19/h1-6,8-11,13-14,22-24H,7,12,15,17,28H2,(H,29,31)/t22-,24+/m0/s1. The van der Waals surface area contributed by atoms with Crippen molar-refractivity contribution in [2.24, 2.45) is 5.73 Å². The van der Waals surface area contributed by atoms with E-state index in [1.165, 1.54) is 11.3 Å². The summed E-state index contributed by atoms with van der Waals surface area (Å²) in [6, 6.07) is 23.9. The molecular weight excluding hydrogens is 432 g/mol. The number of hydrogen-bond donors (Lipinski definition) is 2. The van der Waals surface area contributed by atoms with Gasteiger partial charge in [-0.25, -0.2) is 0 Å². The molecule has 1 aromatic heterocycles. The first-order valence-electron chi connectivity index (χ1n) is 11.0. The molecule has 2 heterocycles. The van der Waals surface area contributed by atoms with Crippen molar-refractivity contribution in [3.63, 3.8) is 0 Å². The van der Waals surface area contributed by atoms with E-state index in [1.807, 2.05) is 66.7 Å². The number of hydrogen-bond acceptors (Lipinski definition) is 5. The second kappa shape index (κ2) is 10.4. The molecule has 1 aliphatic rings. The zero-order valence-corrected chi connectivity index (χ0v) is 19.0. The SMILES string of the molecule is N#Cc1ccc(CNC(=O)[C@@H]2CCCN2C(=O)[C@H](N)C(c2ccccc2)c2ccccc2)s1. The van der Waals surface area contributed by atoms with Crippen LogP contribution in [0.3, 0.4) is 0 Å². The minimum Gasteiger partial charge on any atom is -0.349 e. The normalized spacial score (nSPS) is 16.4. The molecule has 168 valence electrons. The van der Waals surface area contributed by atoms with Gasteiger partial charge in [0, 0.05) is 17.3 Å². The van der Waals surface area contributed by atoms with Gasteiger partial charge >= 0.3 is 0 Å². The zero-order valence-electron chi connectivity index (χ0n) is 18.2. The third kappa shape index (κ3) is 5.14. The number of thiophene rings is 1. The zero-order chi connectivity index (χ0) is 23.2. The Morgan fingerprint density at radius 1 is 1.06 bits per heavy atom. The van der Waals surface area contributed by atoms with Crippen LogP contribution < -0.4 is 11.1 Å². The van der Waals surface area contributed by atoms with Crippen molar-refractivity contribution < 1.29 is 9.59 Å². The molecule has 2 atom stereocenters. The molecule has 4 rings (SSSR count). The van der Waals surface area contributed by atoms with Crippen LogP contribution in [0.25, 0.3) is 0 Å². The first-order chi connectivity index (χ1) is 16.1. The van der Waals surface area contributed by atoms with Gasteiger partial charge in [0.2, 0.25) is 11.8 Å². The number of rotatable bonds is 7. The Balaban J connectivity index is 1.50. The van der Waals surface area contributed by atoms with Crippen molar-refractivity contribution >= 4 is 23.2 Å². The molecule has 0 radical (unpaired) electrons. The molecule has 0 bridgehead atoms. The van der Waals surface area contributed by atoms with Crippen LogP contribution in [0.15, 0.2) is 72.8 Å². The van der Waals surface area contributed by atoms with Crippen LogP contribution in [0.2, 0.25) is 0 Å². The van der Waals surface area contributed by atoms with Gasteiger partial charge in [-0.1, -0.05) is 60.7 Å². The maximum absolute atomic E-state index is 13.6. The summed E-state index contributed by atoms with van der Waals surface area (Å²) in [5.41, 5.74) is 8.54. The molecule has 1 aliphatic heterocycles. The summed E-state index contributed by atoms with van der Waals surface area (Å²) >= 11 is 1.35. The maximum atomic E-state index is 13.6. The predicted molar refractivity (Wildman–Crippen MR) is 128 cm³/mol. The van der Waals surface area contributed by atoms with Gasteiger partial charge in [-0.05, 0) is 36.1 Å². The lowest BCUT2D eigenvalue weighted by Crippen LogP contribution is -2.52. The van der Waals surface area contributed by atoms with E-state index in [-0.39, 0.29) is 17.7 Å². The summed E-state index contributed by atoms with van der Waals surface area (Å²) in [5, 5.41) is 11.9. The third-order valence-corrected chi connectivity index (χ3v) is 7.00. The smallest absolute Gasteiger partial charge is 0.243 e. The van der Waals surface area contributed by atoms with E-state index < -0.39 is 12.1 Å². The molecule has 0 unspecified atom stereocenters. The van der Waals surface area contributed by atoms with Crippen molar-refractivity contribution in [3.05, 3.63) is 93.7 Å². The van der Waals surface area contributed by atoms with E-state index in [2.05, 4.69) is 11.4 Å². The number of nitriles is 1.